The molecule has 0 fully saturated rings. The fourth-order valence-electron chi connectivity index (χ4n) is 2.34. The maximum atomic E-state index is 5.84. The average Bonchev–Trinajstić information content (AvgIpc) is 2.73. The van der Waals surface area contributed by atoms with E-state index in [1.54, 1.807) is 0 Å². The van der Waals surface area contributed by atoms with Crippen LogP contribution in [0.5, 0.6) is 0 Å². The van der Waals surface area contributed by atoms with E-state index in [0.29, 0.717) is 5.92 Å². The Morgan fingerprint density at radius 1 is 1.06 bits per heavy atom. The first kappa shape index (κ1) is 9.28. The number of hydrogen-bond donors (Lipinski definition) is 2. The van der Waals surface area contributed by atoms with Crippen LogP contribution in [0.15, 0.2) is 48.5 Å². The Balaban J connectivity index is 2.06. The lowest BCUT2D eigenvalue weighted by molar-refractivity contribution is 0.908. The van der Waals surface area contributed by atoms with Gasteiger partial charge in [-0.2, -0.15) is 0 Å². The SMILES string of the molecule is Nc1ccc2c(c1)C(c1ccccc1)CN2. The normalized spacial score (nSPS) is 17.9. The van der Waals surface area contributed by atoms with Gasteiger partial charge in [0.15, 0.2) is 0 Å². The molecule has 80 valence electrons. The molecule has 2 nitrogen and oxygen atoms in total. The molecule has 0 saturated carbocycles. The summed E-state index contributed by atoms with van der Waals surface area (Å²) in [5.41, 5.74) is 10.5. The fourth-order valence-corrected chi connectivity index (χ4v) is 2.34. The summed E-state index contributed by atoms with van der Waals surface area (Å²) in [6.07, 6.45) is 0. The van der Waals surface area contributed by atoms with Gasteiger partial charge < -0.3 is 11.1 Å². The first-order chi connectivity index (χ1) is 7.84. The van der Waals surface area contributed by atoms with Gasteiger partial charge in [-0.15, -0.1) is 0 Å². The highest BCUT2D eigenvalue weighted by Crippen LogP contribution is 2.36. The summed E-state index contributed by atoms with van der Waals surface area (Å²) in [7, 11) is 0. The lowest BCUT2D eigenvalue weighted by Crippen LogP contribution is -2.03. The average molecular weight is 210 g/mol. The minimum absolute atomic E-state index is 0.430. The molecule has 0 spiro atoms. The number of nitrogens with one attached hydrogen (secondary N) is 1. The van der Waals surface area contributed by atoms with E-state index in [-0.39, 0.29) is 0 Å². The Labute approximate surface area is 95.1 Å². The molecule has 1 heterocycles. The first-order valence-corrected chi connectivity index (χ1v) is 5.53. The fraction of sp³-hybridized carbons (Fsp3) is 0.143. The van der Waals surface area contributed by atoms with Crippen LogP contribution in [-0.4, -0.2) is 6.54 Å². The second kappa shape index (κ2) is 3.56. The summed E-state index contributed by atoms with van der Waals surface area (Å²) in [6, 6.07) is 16.6. The molecule has 2 heteroatoms. The van der Waals surface area contributed by atoms with Crippen molar-refractivity contribution < 1.29 is 0 Å². The molecular formula is C14H14N2. The van der Waals surface area contributed by atoms with Gasteiger partial charge in [-0.25, -0.2) is 0 Å². The summed E-state index contributed by atoms with van der Waals surface area (Å²) in [5.74, 6) is 0.430. The van der Waals surface area contributed by atoms with E-state index in [2.05, 4.69) is 41.7 Å². The van der Waals surface area contributed by atoms with Crippen LogP contribution < -0.4 is 11.1 Å². The third-order valence-corrected chi connectivity index (χ3v) is 3.15. The predicted octanol–water partition coefficient (Wildman–Crippen LogP) is 2.83. The second-order valence-electron chi connectivity index (χ2n) is 4.19. The minimum atomic E-state index is 0.430. The van der Waals surface area contributed by atoms with Gasteiger partial charge in [-0.3, -0.25) is 0 Å². The van der Waals surface area contributed by atoms with Gasteiger partial charge >= 0.3 is 0 Å². The van der Waals surface area contributed by atoms with Gasteiger partial charge in [0, 0.05) is 23.8 Å². The molecule has 3 rings (SSSR count). The van der Waals surface area contributed by atoms with Gasteiger partial charge in [0.2, 0.25) is 0 Å². The molecule has 1 atom stereocenters. The monoisotopic (exact) mass is 210 g/mol. The molecule has 1 unspecified atom stereocenters. The summed E-state index contributed by atoms with van der Waals surface area (Å²) in [6.45, 7) is 0.961. The molecule has 0 aromatic heterocycles. The number of fused-ring (bicyclic) bond motifs is 1. The molecule has 0 radical (unpaired) electrons. The van der Waals surface area contributed by atoms with Crippen LogP contribution in [0.3, 0.4) is 0 Å². The Morgan fingerprint density at radius 2 is 1.88 bits per heavy atom. The summed E-state index contributed by atoms with van der Waals surface area (Å²) < 4.78 is 0. The maximum Gasteiger partial charge on any atom is 0.0381 e. The summed E-state index contributed by atoms with van der Waals surface area (Å²) in [5, 5.41) is 3.42. The smallest absolute Gasteiger partial charge is 0.0381 e. The molecule has 0 saturated heterocycles. The number of anilines is 2. The minimum Gasteiger partial charge on any atom is -0.399 e. The van der Waals surface area contributed by atoms with Crippen molar-refractivity contribution >= 4 is 11.4 Å². The van der Waals surface area contributed by atoms with E-state index < -0.39 is 0 Å². The second-order valence-corrected chi connectivity index (χ2v) is 4.19. The van der Waals surface area contributed by atoms with Crippen LogP contribution >= 0.6 is 0 Å². The number of nitrogens with two attached hydrogens (primary N) is 1. The molecule has 1 aliphatic rings. The van der Waals surface area contributed by atoms with Crippen LogP contribution in [0.4, 0.5) is 11.4 Å². The van der Waals surface area contributed by atoms with Gasteiger partial charge in [-0.05, 0) is 29.3 Å². The van der Waals surface area contributed by atoms with E-state index in [4.69, 9.17) is 5.73 Å². The largest absolute Gasteiger partial charge is 0.399 e. The molecule has 1 aliphatic heterocycles. The zero-order valence-corrected chi connectivity index (χ0v) is 8.98. The lowest BCUT2D eigenvalue weighted by atomic mass is 9.93. The summed E-state index contributed by atoms with van der Waals surface area (Å²) >= 11 is 0. The lowest BCUT2D eigenvalue weighted by Gasteiger charge is -2.10. The molecule has 2 aromatic rings. The van der Waals surface area contributed by atoms with Crippen molar-refractivity contribution in [2.24, 2.45) is 0 Å². The van der Waals surface area contributed by atoms with Gasteiger partial charge in [0.25, 0.3) is 0 Å². The molecule has 3 N–H and O–H groups in total. The highest BCUT2D eigenvalue weighted by Gasteiger charge is 2.23. The van der Waals surface area contributed by atoms with Crippen molar-refractivity contribution in [2.75, 3.05) is 17.6 Å². The van der Waals surface area contributed by atoms with Crippen LogP contribution in [0, 0.1) is 0 Å². The third kappa shape index (κ3) is 1.43. The van der Waals surface area contributed by atoms with Crippen molar-refractivity contribution in [3.8, 4) is 0 Å². The standard InChI is InChI=1S/C14H14N2/c15-11-6-7-14-12(8-11)13(9-16-14)10-4-2-1-3-5-10/h1-8,13,16H,9,15H2. The predicted molar refractivity (Wildman–Crippen MR) is 67.6 cm³/mol. The topological polar surface area (TPSA) is 38.0 Å². The Morgan fingerprint density at radius 3 is 2.69 bits per heavy atom. The first-order valence-electron chi connectivity index (χ1n) is 5.53. The van der Waals surface area contributed by atoms with E-state index in [1.165, 1.54) is 16.8 Å². The van der Waals surface area contributed by atoms with Gasteiger partial charge in [0.1, 0.15) is 0 Å². The highest BCUT2D eigenvalue weighted by molar-refractivity contribution is 5.65. The van der Waals surface area contributed by atoms with Crippen molar-refractivity contribution in [1.82, 2.24) is 0 Å². The van der Waals surface area contributed by atoms with Crippen LogP contribution in [0.1, 0.15) is 17.0 Å². The van der Waals surface area contributed by atoms with Crippen molar-refractivity contribution in [3.05, 3.63) is 59.7 Å². The van der Waals surface area contributed by atoms with Crippen LogP contribution in [-0.2, 0) is 0 Å². The molecule has 0 aliphatic carbocycles. The molecule has 2 aromatic carbocycles. The van der Waals surface area contributed by atoms with Crippen molar-refractivity contribution in [3.63, 3.8) is 0 Å². The zero-order chi connectivity index (χ0) is 11.0. The van der Waals surface area contributed by atoms with Gasteiger partial charge in [0.05, 0.1) is 0 Å². The van der Waals surface area contributed by atoms with E-state index >= 15 is 0 Å². The molecule has 0 bridgehead atoms. The van der Waals surface area contributed by atoms with Gasteiger partial charge in [-0.1, -0.05) is 30.3 Å². The Hall–Kier alpha value is -1.96. The van der Waals surface area contributed by atoms with E-state index in [1.807, 2.05) is 12.1 Å². The maximum absolute atomic E-state index is 5.84. The van der Waals surface area contributed by atoms with E-state index in [0.717, 1.165) is 12.2 Å². The quantitative estimate of drug-likeness (QED) is 0.710. The zero-order valence-electron chi connectivity index (χ0n) is 8.98. The molecular weight excluding hydrogens is 196 g/mol. The van der Waals surface area contributed by atoms with Crippen LogP contribution in [0.2, 0.25) is 0 Å². The summed E-state index contributed by atoms with van der Waals surface area (Å²) in [4.78, 5) is 0. The van der Waals surface area contributed by atoms with Crippen LogP contribution in [0.25, 0.3) is 0 Å². The Bertz CT molecular complexity index is 505. The third-order valence-electron chi connectivity index (χ3n) is 3.15. The van der Waals surface area contributed by atoms with Crippen molar-refractivity contribution in [1.29, 1.82) is 0 Å². The number of benzene rings is 2. The molecule has 0 amide bonds. The molecule has 16 heavy (non-hydrogen) atoms. The van der Waals surface area contributed by atoms with E-state index in [9.17, 15) is 0 Å². The highest BCUT2D eigenvalue weighted by atomic mass is 14.9. The number of hydrogen-bond acceptors (Lipinski definition) is 2. The Kier molecular flexibility index (Phi) is 2.07. The van der Waals surface area contributed by atoms with Crippen molar-refractivity contribution in [2.45, 2.75) is 5.92 Å². The number of nitrogen functional groups attached to an aromatic ring is 1. The number of rotatable bonds is 1.